The lowest BCUT2D eigenvalue weighted by atomic mass is 10.1. The highest BCUT2D eigenvalue weighted by Crippen LogP contribution is 2.21. The van der Waals surface area contributed by atoms with Gasteiger partial charge in [0.25, 0.3) is 0 Å². The molecule has 1 aromatic carbocycles. The third-order valence-electron chi connectivity index (χ3n) is 3.20. The van der Waals surface area contributed by atoms with E-state index in [0.717, 1.165) is 19.6 Å². The van der Waals surface area contributed by atoms with Crippen molar-refractivity contribution in [2.24, 2.45) is 0 Å². The van der Waals surface area contributed by atoms with Crippen LogP contribution in [-0.4, -0.2) is 18.6 Å². The van der Waals surface area contributed by atoms with Gasteiger partial charge in [-0.2, -0.15) is 5.26 Å². The summed E-state index contributed by atoms with van der Waals surface area (Å²) in [7, 11) is 1.60. The number of nitrogens with zero attached hydrogens (tertiary/aromatic N) is 2. The maximum absolute atomic E-state index is 9.00. The first kappa shape index (κ1) is 14.6. The Labute approximate surface area is 124 Å². The Kier molecular flexibility index (Phi) is 5.16. The van der Waals surface area contributed by atoms with E-state index in [4.69, 9.17) is 10.00 Å². The molecule has 0 bridgehead atoms. The number of thiophene rings is 1. The molecule has 20 heavy (non-hydrogen) atoms. The van der Waals surface area contributed by atoms with Gasteiger partial charge in [-0.15, -0.1) is 11.3 Å². The van der Waals surface area contributed by atoms with Crippen LogP contribution in [0.1, 0.15) is 22.9 Å². The number of rotatable bonds is 6. The molecular formula is C16H18N2OS. The topological polar surface area (TPSA) is 36.3 Å². The van der Waals surface area contributed by atoms with Crippen LogP contribution in [0, 0.1) is 11.3 Å². The van der Waals surface area contributed by atoms with Gasteiger partial charge in [-0.05, 0) is 35.7 Å². The van der Waals surface area contributed by atoms with Gasteiger partial charge in [0.05, 0.1) is 12.7 Å². The average Bonchev–Trinajstić information content (AvgIpc) is 2.99. The number of hydrogen-bond acceptors (Lipinski definition) is 4. The highest BCUT2D eigenvalue weighted by atomic mass is 32.1. The molecule has 0 radical (unpaired) electrons. The van der Waals surface area contributed by atoms with E-state index in [1.165, 1.54) is 10.4 Å². The molecule has 0 unspecified atom stereocenters. The van der Waals surface area contributed by atoms with Crippen molar-refractivity contribution in [2.45, 2.75) is 20.0 Å². The second kappa shape index (κ2) is 7.09. The molecular weight excluding hydrogens is 268 g/mol. The summed E-state index contributed by atoms with van der Waals surface area (Å²) in [5.74, 6) is 0.650. The molecule has 0 N–H and O–H groups in total. The molecule has 1 heterocycles. The minimum atomic E-state index is 0.581. The summed E-state index contributed by atoms with van der Waals surface area (Å²) >= 11 is 1.78. The van der Waals surface area contributed by atoms with E-state index in [9.17, 15) is 0 Å². The minimum absolute atomic E-state index is 0.581. The second-order valence-electron chi connectivity index (χ2n) is 4.53. The van der Waals surface area contributed by atoms with Gasteiger partial charge < -0.3 is 4.74 Å². The van der Waals surface area contributed by atoms with E-state index in [2.05, 4.69) is 35.4 Å². The molecule has 0 aliphatic heterocycles. The van der Waals surface area contributed by atoms with Gasteiger partial charge in [-0.3, -0.25) is 4.90 Å². The lowest BCUT2D eigenvalue weighted by molar-refractivity contribution is 0.273. The number of nitriles is 1. The molecule has 4 heteroatoms. The summed E-state index contributed by atoms with van der Waals surface area (Å²) in [5, 5.41) is 11.1. The van der Waals surface area contributed by atoms with Crippen LogP contribution in [0.15, 0.2) is 35.7 Å². The van der Waals surface area contributed by atoms with Crippen LogP contribution < -0.4 is 4.74 Å². The first-order valence-electron chi connectivity index (χ1n) is 6.58. The summed E-state index contributed by atoms with van der Waals surface area (Å²) in [6.07, 6.45) is 0. The summed E-state index contributed by atoms with van der Waals surface area (Å²) in [4.78, 5) is 3.74. The van der Waals surface area contributed by atoms with Gasteiger partial charge in [0.15, 0.2) is 0 Å². The van der Waals surface area contributed by atoms with E-state index < -0.39 is 0 Å². The van der Waals surface area contributed by atoms with E-state index in [1.807, 2.05) is 18.2 Å². The fourth-order valence-electron chi connectivity index (χ4n) is 2.09. The largest absolute Gasteiger partial charge is 0.495 e. The van der Waals surface area contributed by atoms with E-state index >= 15 is 0 Å². The van der Waals surface area contributed by atoms with E-state index in [0.29, 0.717) is 11.3 Å². The summed E-state index contributed by atoms with van der Waals surface area (Å²) in [6.45, 7) is 4.96. The molecule has 0 amide bonds. The highest BCUT2D eigenvalue weighted by Gasteiger charge is 2.08. The van der Waals surface area contributed by atoms with Crippen molar-refractivity contribution in [2.75, 3.05) is 13.7 Å². The lowest BCUT2D eigenvalue weighted by Gasteiger charge is -2.20. The van der Waals surface area contributed by atoms with Crippen molar-refractivity contribution in [1.82, 2.24) is 4.90 Å². The first-order valence-corrected chi connectivity index (χ1v) is 7.46. The Morgan fingerprint density at radius 2 is 2.15 bits per heavy atom. The highest BCUT2D eigenvalue weighted by molar-refractivity contribution is 7.09. The van der Waals surface area contributed by atoms with Gasteiger partial charge in [-0.1, -0.05) is 19.1 Å². The molecule has 0 saturated heterocycles. The van der Waals surface area contributed by atoms with Crippen molar-refractivity contribution in [1.29, 1.82) is 5.26 Å². The molecule has 1 aromatic heterocycles. The second-order valence-corrected chi connectivity index (χ2v) is 5.56. The normalized spacial score (nSPS) is 10.5. The van der Waals surface area contributed by atoms with Crippen LogP contribution in [0.4, 0.5) is 0 Å². The molecule has 0 spiro atoms. The van der Waals surface area contributed by atoms with Crippen LogP contribution in [0.25, 0.3) is 0 Å². The molecule has 104 valence electrons. The van der Waals surface area contributed by atoms with E-state index in [-0.39, 0.29) is 0 Å². The van der Waals surface area contributed by atoms with E-state index in [1.54, 1.807) is 18.4 Å². The third kappa shape index (κ3) is 3.60. The Morgan fingerprint density at radius 1 is 1.30 bits per heavy atom. The SMILES string of the molecule is CCN(Cc1ccc(C#N)c(OC)c1)Cc1cccs1. The predicted molar refractivity (Wildman–Crippen MR) is 81.8 cm³/mol. The maximum Gasteiger partial charge on any atom is 0.136 e. The average molecular weight is 286 g/mol. The van der Waals surface area contributed by atoms with Crippen molar-refractivity contribution < 1.29 is 4.74 Å². The predicted octanol–water partition coefficient (Wildman–Crippen LogP) is 3.65. The summed E-state index contributed by atoms with van der Waals surface area (Å²) < 4.78 is 5.26. The molecule has 0 fully saturated rings. The standard InChI is InChI=1S/C16H18N2OS/c1-3-18(12-15-5-4-8-20-15)11-13-6-7-14(10-17)16(9-13)19-2/h4-9H,3,11-12H2,1-2H3. The smallest absolute Gasteiger partial charge is 0.136 e. The van der Waals surface area contributed by atoms with Crippen LogP contribution in [-0.2, 0) is 13.1 Å². The van der Waals surface area contributed by atoms with Crippen molar-refractivity contribution in [3.63, 3.8) is 0 Å². The summed E-state index contributed by atoms with van der Waals surface area (Å²) in [6, 6.07) is 12.2. The summed E-state index contributed by atoms with van der Waals surface area (Å²) in [5.41, 5.74) is 1.75. The zero-order valence-electron chi connectivity index (χ0n) is 11.8. The van der Waals surface area contributed by atoms with Gasteiger partial charge >= 0.3 is 0 Å². The molecule has 2 rings (SSSR count). The quantitative estimate of drug-likeness (QED) is 0.813. The monoisotopic (exact) mass is 286 g/mol. The Balaban J connectivity index is 2.09. The zero-order valence-corrected chi connectivity index (χ0v) is 12.6. The number of benzene rings is 1. The minimum Gasteiger partial charge on any atom is -0.495 e. The molecule has 3 nitrogen and oxygen atoms in total. The van der Waals surface area contributed by atoms with Gasteiger partial charge in [0, 0.05) is 18.0 Å². The van der Waals surface area contributed by atoms with Crippen LogP contribution in [0.2, 0.25) is 0 Å². The van der Waals surface area contributed by atoms with Crippen molar-refractivity contribution in [3.8, 4) is 11.8 Å². The fourth-order valence-corrected chi connectivity index (χ4v) is 2.83. The number of methoxy groups -OCH3 is 1. The first-order chi connectivity index (χ1) is 9.76. The van der Waals surface area contributed by atoms with Gasteiger partial charge in [0.2, 0.25) is 0 Å². The molecule has 2 aromatic rings. The molecule has 0 saturated carbocycles. The van der Waals surface area contributed by atoms with Crippen molar-refractivity contribution >= 4 is 11.3 Å². The zero-order chi connectivity index (χ0) is 14.4. The van der Waals surface area contributed by atoms with Gasteiger partial charge in [-0.25, -0.2) is 0 Å². The Morgan fingerprint density at radius 3 is 2.75 bits per heavy atom. The molecule has 0 aliphatic carbocycles. The Bertz CT molecular complexity index is 587. The lowest BCUT2D eigenvalue weighted by Crippen LogP contribution is -2.21. The van der Waals surface area contributed by atoms with Crippen LogP contribution >= 0.6 is 11.3 Å². The third-order valence-corrected chi connectivity index (χ3v) is 4.06. The van der Waals surface area contributed by atoms with Crippen LogP contribution in [0.5, 0.6) is 5.75 Å². The maximum atomic E-state index is 9.00. The van der Waals surface area contributed by atoms with Gasteiger partial charge in [0.1, 0.15) is 11.8 Å². The fraction of sp³-hybridized carbons (Fsp3) is 0.312. The Hall–Kier alpha value is -1.83. The number of ether oxygens (including phenoxy) is 1. The molecule has 0 atom stereocenters. The van der Waals surface area contributed by atoms with Crippen LogP contribution in [0.3, 0.4) is 0 Å². The van der Waals surface area contributed by atoms with Crippen molar-refractivity contribution in [3.05, 3.63) is 51.7 Å². The number of hydrogen-bond donors (Lipinski definition) is 0. The molecule has 0 aliphatic rings.